The largest absolute Gasteiger partial charge is 0.494 e. The zero-order valence-electron chi connectivity index (χ0n) is 13.1. The summed E-state index contributed by atoms with van der Waals surface area (Å²) >= 11 is 0. The van der Waals surface area contributed by atoms with Gasteiger partial charge in [-0.25, -0.2) is 0 Å². The Labute approximate surface area is 123 Å². The monoisotopic (exact) mass is 276 g/mol. The van der Waals surface area contributed by atoms with E-state index in [9.17, 15) is 0 Å². The maximum Gasteiger partial charge on any atom is 0.124 e. The van der Waals surface area contributed by atoms with Crippen molar-refractivity contribution in [3.63, 3.8) is 0 Å². The smallest absolute Gasteiger partial charge is 0.124 e. The molecule has 2 atom stereocenters. The third-order valence-corrected chi connectivity index (χ3v) is 4.33. The number of hydrogen-bond donors (Lipinski definition) is 1. The van der Waals surface area contributed by atoms with Gasteiger partial charge in [0.1, 0.15) is 5.75 Å². The fourth-order valence-electron chi connectivity index (χ4n) is 3.07. The Balaban J connectivity index is 2.04. The van der Waals surface area contributed by atoms with Gasteiger partial charge in [-0.15, -0.1) is 0 Å². The van der Waals surface area contributed by atoms with Crippen LogP contribution in [0.4, 0.5) is 0 Å². The third kappa shape index (κ3) is 3.74. The number of nitrogens with one attached hydrogen (secondary N) is 1. The van der Waals surface area contributed by atoms with Crippen molar-refractivity contribution in [3.05, 3.63) is 29.8 Å². The molecule has 20 heavy (non-hydrogen) atoms. The van der Waals surface area contributed by atoms with Crippen LogP contribution in [-0.2, 0) is 0 Å². The van der Waals surface area contributed by atoms with Crippen molar-refractivity contribution in [1.29, 1.82) is 0 Å². The quantitative estimate of drug-likeness (QED) is 0.828. The summed E-state index contributed by atoms with van der Waals surface area (Å²) in [4.78, 5) is 2.58. The van der Waals surface area contributed by atoms with Gasteiger partial charge in [0.15, 0.2) is 0 Å². The van der Waals surface area contributed by atoms with E-state index in [1.807, 2.05) is 20.0 Å². The summed E-state index contributed by atoms with van der Waals surface area (Å²) in [5.74, 6) is 1.90. The summed E-state index contributed by atoms with van der Waals surface area (Å²) in [6.45, 7) is 8.59. The standard InChI is InChI=1S/C17H28N2O/c1-4-14-10-11-19(12-14)13-16(18-3)15-8-6-7-9-17(15)20-5-2/h6-9,14,16,18H,4-5,10-13H2,1-3H3. The molecule has 0 amide bonds. The van der Waals surface area contributed by atoms with Crippen LogP contribution in [0.15, 0.2) is 24.3 Å². The Morgan fingerprint density at radius 3 is 2.80 bits per heavy atom. The van der Waals surface area contributed by atoms with Crippen molar-refractivity contribution in [3.8, 4) is 5.75 Å². The van der Waals surface area contributed by atoms with Crippen molar-refractivity contribution in [2.24, 2.45) is 5.92 Å². The first-order valence-corrected chi connectivity index (χ1v) is 7.89. The summed E-state index contributed by atoms with van der Waals surface area (Å²) in [6.07, 6.45) is 2.65. The van der Waals surface area contributed by atoms with Crippen molar-refractivity contribution in [1.82, 2.24) is 10.2 Å². The van der Waals surface area contributed by atoms with Crippen molar-refractivity contribution in [2.75, 3.05) is 33.3 Å². The van der Waals surface area contributed by atoms with Crippen LogP contribution in [0.5, 0.6) is 5.75 Å². The Kier molecular flexibility index (Phi) is 5.86. The van der Waals surface area contributed by atoms with Crippen molar-refractivity contribution in [2.45, 2.75) is 32.7 Å². The van der Waals surface area contributed by atoms with Crippen LogP contribution >= 0.6 is 0 Å². The second kappa shape index (κ2) is 7.65. The second-order valence-corrected chi connectivity index (χ2v) is 5.63. The Bertz CT molecular complexity index is 408. The number of nitrogens with zero attached hydrogens (tertiary/aromatic N) is 1. The fourth-order valence-corrected chi connectivity index (χ4v) is 3.07. The average molecular weight is 276 g/mol. The van der Waals surface area contributed by atoms with E-state index in [2.05, 4.69) is 35.3 Å². The normalized spacial score (nSPS) is 21.1. The number of hydrogen-bond acceptors (Lipinski definition) is 3. The Hall–Kier alpha value is -1.06. The highest BCUT2D eigenvalue weighted by Gasteiger charge is 2.24. The summed E-state index contributed by atoms with van der Waals surface area (Å²) in [5.41, 5.74) is 1.27. The lowest BCUT2D eigenvalue weighted by Crippen LogP contribution is -2.32. The first-order valence-electron chi connectivity index (χ1n) is 7.89. The number of likely N-dealkylation sites (tertiary alicyclic amines) is 1. The molecule has 1 aromatic rings. The highest BCUT2D eigenvalue weighted by molar-refractivity contribution is 5.36. The van der Waals surface area contributed by atoms with Gasteiger partial charge in [-0.2, -0.15) is 0 Å². The van der Waals surface area contributed by atoms with E-state index < -0.39 is 0 Å². The molecule has 1 aliphatic heterocycles. The van der Waals surface area contributed by atoms with E-state index in [1.165, 1.54) is 31.5 Å². The fraction of sp³-hybridized carbons (Fsp3) is 0.647. The minimum atomic E-state index is 0.341. The molecule has 1 fully saturated rings. The number of likely N-dealkylation sites (N-methyl/N-ethyl adjacent to an activating group) is 1. The Morgan fingerprint density at radius 1 is 1.35 bits per heavy atom. The third-order valence-electron chi connectivity index (χ3n) is 4.33. The van der Waals surface area contributed by atoms with E-state index in [0.717, 1.165) is 24.8 Å². The molecule has 3 heteroatoms. The van der Waals surface area contributed by atoms with E-state index in [-0.39, 0.29) is 0 Å². The predicted molar refractivity (Wildman–Crippen MR) is 84.2 cm³/mol. The Morgan fingerprint density at radius 2 is 2.15 bits per heavy atom. The molecule has 1 N–H and O–H groups in total. The molecule has 112 valence electrons. The summed E-state index contributed by atoms with van der Waals surface area (Å²) in [5, 5.41) is 3.46. The van der Waals surface area contributed by atoms with Crippen LogP contribution in [0, 0.1) is 5.92 Å². The van der Waals surface area contributed by atoms with Crippen LogP contribution in [0.1, 0.15) is 38.3 Å². The number of benzene rings is 1. The van der Waals surface area contributed by atoms with Crippen LogP contribution in [0.3, 0.4) is 0 Å². The van der Waals surface area contributed by atoms with Crippen molar-refractivity contribution < 1.29 is 4.74 Å². The van der Waals surface area contributed by atoms with Gasteiger partial charge in [0, 0.05) is 24.7 Å². The minimum Gasteiger partial charge on any atom is -0.494 e. The van der Waals surface area contributed by atoms with Crippen molar-refractivity contribution >= 4 is 0 Å². The predicted octanol–water partition coefficient (Wildman–Crippen LogP) is 3.08. The molecule has 1 saturated heterocycles. The van der Waals surface area contributed by atoms with Crippen LogP contribution in [-0.4, -0.2) is 38.2 Å². The molecule has 0 radical (unpaired) electrons. The molecule has 2 unspecified atom stereocenters. The average Bonchev–Trinajstić information content (AvgIpc) is 2.94. The highest BCUT2D eigenvalue weighted by Crippen LogP contribution is 2.27. The van der Waals surface area contributed by atoms with E-state index in [0.29, 0.717) is 6.04 Å². The SMILES string of the molecule is CCOc1ccccc1C(CN1CCC(CC)C1)NC. The zero-order chi connectivity index (χ0) is 14.4. The molecule has 0 spiro atoms. The summed E-state index contributed by atoms with van der Waals surface area (Å²) in [6, 6.07) is 8.74. The van der Waals surface area contributed by atoms with Gasteiger partial charge in [0.25, 0.3) is 0 Å². The number of ether oxygens (including phenoxy) is 1. The van der Waals surface area contributed by atoms with Gasteiger partial charge < -0.3 is 15.0 Å². The van der Waals surface area contributed by atoms with E-state index in [4.69, 9.17) is 4.74 Å². The molecule has 1 aliphatic rings. The summed E-state index contributed by atoms with van der Waals surface area (Å²) in [7, 11) is 2.04. The lowest BCUT2D eigenvalue weighted by molar-refractivity contribution is 0.279. The van der Waals surface area contributed by atoms with Gasteiger partial charge in [-0.1, -0.05) is 31.5 Å². The molecular formula is C17H28N2O. The molecule has 0 aromatic heterocycles. The lowest BCUT2D eigenvalue weighted by atomic mass is 10.0. The molecule has 3 nitrogen and oxygen atoms in total. The number of para-hydroxylation sites is 1. The first-order chi connectivity index (χ1) is 9.78. The van der Waals surface area contributed by atoms with Gasteiger partial charge in [-0.05, 0) is 38.9 Å². The summed E-state index contributed by atoms with van der Waals surface area (Å²) < 4.78 is 5.77. The highest BCUT2D eigenvalue weighted by atomic mass is 16.5. The number of rotatable bonds is 7. The molecular weight excluding hydrogens is 248 g/mol. The molecule has 0 aliphatic carbocycles. The first kappa shape index (κ1) is 15.3. The van der Waals surface area contributed by atoms with E-state index >= 15 is 0 Å². The minimum absolute atomic E-state index is 0.341. The van der Waals surface area contributed by atoms with E-state index in [1.54, 1.807) is 0 Å². The van der Waals surface area contributed by atoms with Crippen LogP contribution in [0.25, 0.3) is 0 Å². The second-order valence-electron chi connectivity index (χ2n) is 5.63. The molecule has 1 heterocycles. The van der Waals surface area contributed by atoms with Gasteiger partial charge in [0.2, 0.25) is 0 Å². The maximum absolute atomic E-state index is 5.77. The molecule has 2 rings (SSSR count). The van der Waals surface area contributed by atoms with Gasteiger partial charge in [-0.3, -0.25) is 0 Å². The van der Waals surface area contributed by atoms with Crippen LogP contribution < -0.4 is 10.1 Å². The molecule has 0 saturated carbocycles. The van der Waals surface area contributed by atoms with Gasteiger partial charge in [0.05, 0.1) is 6.61 Å². The zero-order valence-corrected chi connectivity index (χ0v) is 13.1. The molecule has 1 aromatic carbocycles. The topological polar surface area (TPSA) is 24.5 Å². The van der Waals surface area contributed by atoms with Gasteiger partial charge >= 0.3 is 0 Å². The molecule has 0 bridgehead atoms. The maximum atomic E-state index is 5.77. The lowest BCUT2D eigenvalue weighted by Gasteiger charge is -2.25. The van der Waals surface area contributed by atoms with Crippen LogP contribution in [0.2, 0.25) is 0 Å².